The summed E-state index contributed by atoms with van der Waals surface area (Å²) < 4.78 is 0. The van der Waals surface area contributed by atoms with Crippen molar-refractivity contribution in [1.82, 2.24) is 10.0 Å². The van der Waals surface area contributed by atoms with E-state index in [9.17, 15) is 29.3 Å². The summed E-state index contributed by atoms with van der Waals surface area (Å²) in [4.78, 5) is 63.9. The number of para-hydroxylation sites is 1. The molecule has 0 radical (unpaired) electrons. The zero-order valence-electron chi connectivity index (χ0n) is 18.3. The fourth-order valence-corrected chi connectivity index (χ4v) is 4.79. The van der Waals surface area contributed by atoms with Crippen LogP contribution in [0.5, 0.6) is 0 Å². The number of nitro groups is 1. The highest BCUT2D eigenvalue weighted by Crippen LogP contribution is 2.41. The molecule has 0 spiro atoms. The van der Waals surface area contributed by atoms with Gasteiger partial charge < -0.3 is 0 Å². The second-order valence-electron chi connectivity index (χ2n) is 8.69. The highest BCUT2D eigenvalue weighted by molar-refractivity contribution is 6.30. The molecule has 1 aliphatic carbocycles. The quantitative estimate of drug-likeness (QED) is 0.266. The lowest BCUT2D eigenvalue weighted by Crippen LogP contribution is -2.52. The summed E-state index contributed by atoms with van der Waals surface area (Å²) in [7, 11) is 0. The summed E-state index contributed by atoms with van der Waals surface area (Å²) in [5.74, 6) is -3.54. The van der Waals surface area contributed by atoms with Crippen molar-refractivity contribution in [1.29, 1.82) is 0 Å². The van der Waals surface area contributed by atoms with Gasteiger partial charge in [0.25, 0.3) is 23.4 Å². The van der Waals surface area contributed by atoms with Gasteiger partial charge in [0.15, 0.2) is 5.78 Å². The molecule has 0 N–H and O–H groups in total. The van der Waals surface area contributed by atoms with Crippen LogP contribution in [0.4, 0.5) is 5.69 Å². The molecule has 4 rings (SSSR count). The van der Waals surface area contributed by atoms with Crippen molar-refractivity contribution in [3.8, 4) is 0 Å². The summed E-state index contributed by atoms with van der Waals surface area (Å²) in [6, 6.07) is 11.2. The smallest absolute Gasteiger partial charge is 0.282 e. The Kier molecular flexibility index (Phi) is 6.47. The lowest BCUT2D eigenvalue weighted by atomic mass is 9.76. The first kappa shape index (κ1) is 23.6. The maximum Gasteiger partial charge on any atom is 0.282 e. The molecule has 1 saturated heterocycles. The molecule has 2 fully saturated rings. The fraction of sp³-hybridized carbons (Fsp3) is 0.333. The largest absolute Gasteiger partial charge is 0.292 e. The third-order valence-corrected chi connectivity index (χ3v) is 6.68. The van der Waals surface area contributed by atoms with Crippen LogP contribution < -0.4 is 0 Å². The number of amides is 3. The second-order valence-corrected chi connectivity index (χ2v) is 9.12. The van der Waals surface area contributed by atoms with Crippen LogP contribution in [-0.2, 0) is 9.59 Å². The van der Waals surface area contributed by atoms with Crippen LogP contribution in [0, 0.1) is 27.9 Å². The molecule has 0 bridgehead atoms. The summed E-state index contributed by atoms with van der Waals surface area (Å²) in [5.41, 5.74) is -0.586. The van der Waals surface area contributed by atoms with E-state index in [4.69, 9.17) is 11.6 Å². The van der Waals surface area contributed by atoms with Crippen molar-refractivity contribution >= 4 is 40.8 Å². The molecule has 9 nitrogen and oxygen atoms in total. The van der Waals surface area contributed by atoms with Gasteiger partial charge in [-0.2, -0.15) is 5.01 Å². The molecular formula is C24H22ClN3O6. The van der Waals surface area contributed by atoms with Gasteiger partial charge in [-0.25, -0.2) is 5.01 Å². The number of fused-ring (bicyclic) bond motifs is 1. The van der Waals surface area contributed by atoms with Crippen LogP contribution in [0.1, 0.15) is 46.9 Å². The maximum atomic E-state index is 13.5. The van der Waals surface area contributed by atoms with Crippen molar-refractivity contribution in [3.05, 3.63) is 74.8 Å². The number of imide groups is 1. The average molecular weight is 484 g/mol. The van der Waals surface area contributed by atoms with Crippen LogP contribution in [0.15, 0.2) is 48.5 Å². The molecule has 1 aliphatic heterocycles. The minimum absolute atomic E-state index is 0.217. The van der Waals surface area contributed by atoms with E-state index < -0.39 is 52.5 Å². The fourth-order valence-electron chi connectivity index (χ4n) is 4.66. The lowest BCUT2D eigenvalue weighted by Gasteiger charge is -2.30. The highest BCUT2D eigenvalue weighted by atomic mass is 35.5. The summed E-state index contributed by atoms with van der Waals surface area (Å²) >= 11 is 5.89. The lowest BCUT2D eigenvalue weighted by molar-refractivity contribution is -0.385. The number of carbonyl (C=O) groups is 4. The van der Waals surface area contributed by atoms with E-state index in [0.29, 0.717) is 17.9 Å². The van der Waals surface area contributed by atoms with Crippen molar-refractivity contribution in [2.24, 2.45) is 17.8 Å². The molecular weight excluding hydrogens is 462 g/mol. The standard InChI is InChI=1S/C24H22ClN3O6/c1-14-6-11-17-19(12-14)24(32)27(23(17)31)26(13-21(29)15-7-9-16(25)10-8-15)22(30)18-4-2-3-5-20(18)28(33)34/h2-5,7-10,14,17,19H,6,11-13H2,1H3/t14-,17-,19+/m1/s1. The van der Waals surface area contributed by atoms with Gasteiger partial charge in [0.2, 0.25) is 0 Å². The molecule has 3 atom stereocenters. The molecule has 0 aromatic heterocycles. The summed E-state index contributed by atoms with van der Waals surface area (Å²) in [5, 5.41) is 13.4. The minimum Gasteiger partial charge on any atom is -0.292 e. The molecule has 176 valence electrons. The van der Waals surface area contributed by atoms with Crippen LogP contribution in [0.2, 0.25) is 5.02 Å². The number of hydrazine groups is 1. The Bertz CT molecular complexity index is 1180. The monoisotopic (exact) mass is 483 g/mol. The van der Waals surface area contributed by atoms with Gasteiger partial charge in [-0.15, -0.1) is 0 Å². The van der Waals surface area contributed by atoms with Gasteiger partial charge in [-0.1, -0.05) is 30.7 Å². The van der Waals surface area contributed by atoms with E-state index >= 15 is 0 Å². The van der Waals surface area contributed by atoms with Crippen LogP contribution in [-0.4, -0.2) is 45.0 Å². The Morgan fingerprint density at radius 1 is 1.06 bits per heavy atom. The molecule has 3 amide bonds. The van der Waals surface area contributed by atoms with E-state index in [0.717, 1.165) is 22.5 Å². The van der Waals surface area contributed by atoms with E-state index in [1.807, 2.05) is 6.92 Å². The number of nitro benzene ring substituents is 1. The van der Waals surface area contributed by atoms with Crippen molar-refractivity contribution in [2.75, 3.05) is 6.54 Å². The zero-order chi connectivity index (χ0) is 24.6. The third-order valence-electron chi connectivity index (χ3n) is 6.43. The van der Waals surface area contributed by atoms with Gasteiger partial charge in [-0.3, -0.25) is 29.3 Å². The number of halogens is 1. The summed E-state index contributed by atoms with van der Waals surface area (Å²) in [6.07, 6.45) is 1.78. The number of benzene rings is 2. The number of ketones is 1. The second kappa shape index (κ2) is 9.34. The molecule has 1 saturated carbocycles. The first-order valence-corrected chi connectivity index (χ1v) is 11.3. The Labute approximate surface area is 200 Å². The highest BCUT2D eigenvalue weighted by Gasteiger charge is 2.53. The number of Topliss-reactive ketones (excluding diaryl/α,β-unsaturated/α-hetero) is 1. The molecule has 34 heavy (non-hydrogen) atoms. The van der Waals surface area contributed by atoms with Crippen molar-refractivity contribution in [2.45, 2.75) is 26.2 Å². The summed E-state index contributed by atoms with van der Waals surface area (Å²) in [6.45, 7) is 1.36. The van der Waals surface area contributed by atoms with E-state index in [1.54, 1.807) is 0 Å². The zero-order valence-corrected chi connectivity index (χ0v) is 19.1. The van der Waals surface area contributed by atoms with Gasteiger partial charge in [-0.05, 0) is 55.5 Å². The van der Waals surface area contributed by atoms with E-state index in [1.165, 1.54) is 42.5 Å². The van der Waals surface area contributed by atoms with Crippen LogP contribution in [0.3, 0.4) is 0 Å². The van der Waals surface area contributed by atoms with Crippen molar-refractivity contribution in [3.63, 3.8) is 0 Å². The van der Waals surface area contributed by atoms with Gasteiger partial charge in [0, 0.05) is 16.7 Å². The first-order chi connectivity index (χ1) is 16.2. The third kappa shape index (κ3) is 4.31. The van der Waals surface area contributed by atoms with Gasteiger partial charge >= 0.3 is 0 Å². The first-order valence-electron chi connectivity index (χ1n) is 10.9. The average Bonchev–Trinajstić information content (AvgIpc) is 3.06. The predicted octanol–water partition coefficient (Wildman–Crippen LogP) is 3.91. The van der Waals surface area contributed by atoms with Gasteiger partial charge in [0.05, 0.1) is 16.8 Å². The maximum absolute atomic E-state index is 13.5. The number of hydrogen-bond donors (Lipinski definition) is 0. The molecule has 1 heterocycles. The number of carbonyl (C=O) groups excluding carboxylic acids is 4. The van der Waals surface area contributed by atoms with E-state index in [-0.39, 0.29) is 17.0 Å². The van der Waals surface area contributed by atoms with E-state index in [2.05, 4.69) is 0 Å². The Morgan fingerprint density at radius 2 is 1.71 bits per heavy atom. The van der Waals surface area contributed by atoms with Crippen LogP contribution >= 0.6 is 11.6 Å². The normalized spacial score (nSPS) is 21.8. The van der Waals surface area contributed by atoms with Gasteiger partial charge in [0.1, 0.15) is 12.1 Å². The molecule has 0 unspecified atom stereocenters. The number of nitrogens with zero attached hydrogens (tertiary/aromatic N) is 3. The number of hydrogen-bond acceptors (Lipinski definition) is 6. The molecule has 2 aliphatic rings. The predicted molar refractivity (Wildman–Crippen MR) is 122 cm³/mol. The Morgan fingerprint density at radius 3 is 2.38 bits per heavy atom. The minimum atomic E-state index is -0.969. The Balaban J connectivity index is 1.74. The van der Waals surface area contributed by atoms with Crippen molar-refractivity contribution < 1.29 is 24.1 Å². The SMILES string of the molecule is C[C@@H]1CC[C@H]2C(=O)N(N(CC(=O)c3ccc(Cl)cc3)C(=O)c3ccccc3[N+](=O)[O-])C(=O)[C@H]2C1. The number of rotatable bonds is 6. The molecule has 2 aromatic carbocycles. The molecule has 10 heteroatoms. The Hall–Kier alpha value is -3.59. The molecule has 2 aromatic rings. The topological polar surface area (TPSA) is 118 Å². The van der Waals surface area contributed by atoms with Crippen LogP contribution in [0.25, 0.3) is 0 Å².